The molecule has 102 valence electrons. The molecule has 4 rings (SSSR count). The Hall–Kier alpha value is -2.75. The fourth-order valence-corrected chi connectivity index (χ4v) is 2.56. The number of nitrogens with zero attached hydrogens (tertiary/aromatic N) is 3. The minimum atomic E-state index is 0.790. The topological polar surface area (TPSA) is 54.5 Å². The lowest BCUT2D eigenvalue weighted by Gasteiger charge is -1.98. The molecular formula is C17H14N4. The van der Waals surface area contributed by atoms with Gasteiger partial charge in [-0.2, -0.15) is 0 Å². The standard InChI is InChI=1S/C17H14N4/c1-2-11-7-9-18-14(10-11)17-20-13-6-5-12-4-3-8-19-15(12)16(13)21-17/h3-10H,2H2,1H3,(H,20,21). The van der Waals surface area contributed by atoms with Crippen LogP contribution in [0.15, 0.2) is 48.8 Å². The van der Waals surface area contributed by atoms with E-state index in [1.54, 1.807) is 6.20 Å². The van der Waals surface area contributed by atoms with Gasteiger partial charge in [0.25, 0.3) is 0 Å². The first kappa shape index (κ1) is 12.0. The summed E-state index contributed by atoms with van der Waals surface area (Å²) >= 11 is 0. The Morgan fingerprint density at radius 3 is 2.86 bits per heavy atom. The van der Waals surface area contributed by atoms with Gasteiger partial charge in [0, 0.05) is 17.8 Å². The van der Waals surface area contributed by atoms with E-state index in [0.717, 1.165) is 39.9 Å². The summed E-state index contributed by atoms with van der Waals surface area (Å²) in [6, 6.07) is 12.2. The molecule has 0 bridgehead atoms. The number of nitrogens with one attached hydrogen (secondary N) is 1. The second kappa shape index (κ2) is 4.66. The highest BCUT2D eigenvalue weighted by molar-refractivity contribution is 6.02. The highest BCUT2D eigenvalue weighted by Crippen LogP contribution is 2.25. The van der Waals surface area contributed by atoms with E-state index < -0.39 is 0 Å². The largest absolute Gasteiger partial charge is 0.337 e. The summed E-state index contributed by atoms with van der Waals surface area (Å²) in [5.41, 5.74) is 4.92. The number of hydrogen-bond acceptors (Lipinski definition) is 3. The smallest absolute Gasteiger partial charge is 0.157 e. The highest BCUT2D eigenvalue weighted by atomic mass is 15.0. The van der Waals surface area contributed by atoms with Gasteiger partial charge in [-0.1, -0.05) is 19.1 Å². The summed E-state index contributed by atoms with van der Waals surface area (Å²) in [4.78, 5) is 16.9. The monoisotopic (exact) mass is 274 g/mol. The molecular weight excluding hydrogens is 260 g/mol. The van der Waals surface area contributed by atoms with Gasteiger partial charge in [-0.3, -0.25) is 9.97 Å². The van der Waals surface area contributed by atoms with Gasteiger partial charge in [-0.25, -0.2) is 4.98 Å². The molecule has 1 aromatic carbocycles. The van der Waals surface area contributed by atoms with Gasteiger partial charge in [-0.05, 0) is 36.2 Å². The second-order valence-electron chi connectivity index (χ2n) is 5.03. The molecule has 21 heavy (non-hydrogen) atoms. The first-order valence-corrected chi connectivity index (χ1v) is 7.04. The molecule has 0 saturated heterocycles. The van der Waals surface area contributed by atoms with Crippen LogP contribution in [0.5, 0.6) is 0 Å². The van der Waals surface area contributed by atoms with Crippen LogP contribution < -0.4 is 0 Å². The molecule has 0 saturated carbocycles. The fourth-order valence-electron chi connectivity index (χ4n) is 2.56. The van der Waals surface area contributed by atoms with Crippen molar-refractivity contribution < 1.29 is 0 Å². The van der Waals surface area contributed by atoms with E-state index >= 15 is 0 Å². The van der Waals surface area contributed by atoms with Gasteiger partial charge < -0.3 is 4.98 Å². The van der Waals surface area contributed by atoms with Crippen molar-refractivity contribution in [1.29, 1.82) is 0 Å². The van der Waals surface area contributed by atoms with E-state index in [-0.39, 0.29) is 0 Å². The van der Waals surface area contributed by atoms with Crippen molar-refractivity contribution in [2.45, 2.75) is 13.3 Å². The molecule has 0 amide bonds. The third-order valence-electron chi connectivity index (χ3n) is 3.70. The molecule has 0 aliphatic carbocycles. The molecule has 0 atom stereocenters. The van der Waals surface area contributed by atoms with Crippen molar-refractivity contribution in [1.82, 2.24) is 19.9 Å². The molecule has 4 aromatic rings. The van der Waals surface area contributed by atoms with Gasteiger partial charge in [0.15, 0.2) is 5.82 Å². The lowest BCUT2D eigenvalue weighted by atomic mass is 10.2. The number of aryl methyl sites for hydroxylation is 1. The van der Waals surface area contributed by atoms with Gasteiger partial charge in [0.2, 0.25) is 0 Å². The van der Waals surface area contributed by atoms with Crippen molar-refractivity contribution in [2.24, 2.45) is 0 Å². The van der Waals surface area contributed by atoms with E-state index in [1.165, 1.54) is 5.56 Å². The Morgan fingerprint density at radius 2 is 1.95 bits per heavy atom. The molecule has 4 nitrogen and oxygen atoms in total. The summed E-state index contributed by atoms with van der Waals surface area (Å²) < 4.78 is 0. The third-order valence-corrected chi connectivity index (χ3v) is 3.70. The molecule has 1 N–H and O–H groups in total. The van der Waals surface area contributed by atoms with Gasteiger partial charge >= 0.3 is 0 Å². The fraction of sp³-hybridized carbons (Fsp3) is 0.118. The maximum Gasteiger partial charge on any atom is 0.157 e. The van der Waals surface area contributed by atoms with E-state index in [9.17, 15) is 0 Å². The molecule has 0 aliphatic heterocycles. The van der Waals surface area contributed by atoms with Crippen molar-refractivity contribution >= 4 is 21.9 Å². The van der Waals surface area contributed by atoms with Crippen LogP contribution in [0.2, 0.25) is 0 Å². The number of rotatable bonds is 2. The molecule has 0 fully saturated rings. The predicted molar refractivity (Wildman–Crippen MR) is 84.0 cm³/mol. The van der Waals surface area contributed by atoms with Crippen LogP contribution in [0.1, 0.15) is 12.5 Å². The summed E-state index contributed by atoms with van der Waals surface area (Å²) in [5.74, 6) is 0.790. The molecule has 3 aromatic heterocycles. The highest BCUT2D eigenvalue weighted by Gasteiger charge is 2.10. The Labute approximate surface area is 121 Å². The zero-order valence-corrected chi connectivity index (χ0v) is 11.7. The predicted octanol–water partition coefficient (Wildman–Crippen LogP) is 3.74. The number of imidazole rings is 1. The lowest BCUT2D eigenvalue weighted by molar-refractivity contribution is 1.11. The normalized spacial score (nSPS) is 11.3. The summed E-state index contributed by atoms with van der Waals surface area (Å²) in [6.07, 6.45) is 4.62. The van der Waals surface area contributed by atoms with Crippen LogP contribution in [0.25, 0.3) is 33.5 Å². The minimum Gasteiger partial charge on any atom is -0.337 e. The SMILES string of the molecule is CCc1ccnc(-c2nc3c(ccc4cccnc43)[nH]2)c1. The average molecular weight is 274 g/mol. The number of H-pyrrole nitrogens is 1. The maximum absolute atomic E-state index is 4.71. The van der Waals surface area contributed by atoms with Crippen LogP contribution >= 0.6 is 0 Å². The van der Waals surface area contributed by atoms with Crippen molar-refractivity contribution in [2.75, 3.05) is 0 Å². The number of fused-ring (bicyclic) bond motifs is 3. The molecule has 0 unspecified atom stereocenters. The van der Waals surface area contributed by atoms with E-state index in [1.807, 2.05) is 30.5 Å². The minimum absolute atomic E-state index is 0.790. The quantitative estimate of drug-likeness (QED) is 0.606. The molecule has 0 spiro atoms. The lowest BCUT2D eigenvalue weighted by Crippen LogP contribution is -1.88. The van der Waals surface area contributed by atoms with Gasteiger partial charge in [-0.15, -0.1) is 0 Å². The van der Waals surface area contributed by atoms with Crippen molar-refractivity contribution in [3.63, 3.8) is 0 Å². The summed E-state index contributed by atoms with van der Waals surface area (Å²) in [6.45, 7) is 2.13. The zero-order chi connectivity index (χ0) is 14.2. The van der Waals surface area contributed by atoms with Crippen LogP contribution in [0.4, 0.5) is 0 Å². The van der Waals surface area contributed by atoms with Crippen LogP contribution in [-0.4, -0.2) is 19.9 Å². The number of benzene rings is 1. The Bertz CT molecular complexity index is 940. The number of hydrogen-bond donors (Lipinski definition) is 1. The van der Waals surface area contributed by atoms with Crippen molar-refractivity contribution in [3.05, 3.63) is 54.4 Å². The number of pyridine rings is 2. The Balaban J connectivity index is 1.96. The van der Waals surface area contributed by atoms with Crippen LogP contribution in [-0.2, 0) is 6.42 Å². The third kappa shape index (κ3) is 1.96. The Morgan fingerprint density at radius 1 is 1.00 bits per heavy atom. The molecule has 3 heterocycles. The molecule has 4 heteroatoms. The van der Waals surface area contributed by atoms with Crippen LogP contribution in [0, 0.1) is 0 Å². The van der Waals surface area contributed by atoms with Crippen molar-refractivity contribution in [3.8, 4) is 11.5 Å². The first-order valence-electron chi connectivity index (χ1n) is 7.04. The summed E-state index contributed by atoms with van der Waals surface area (Å²) in [5, 5.41) is 1.10. The second-order valence-corrected chi connectivity index (χ2v) is 5.03. The van der Waals surface area contributed by atoms with E-state index in [2.05, 4.69) is 34.0 Å². The maximum atomic E-state index is 4.71. The molecule has 0 aliphatic rings. The van der Waals surface area contributed by atoms with Gasteiger partial charge in [0.05, 0.1) is 11.0 Å². The van der Waals surface area contributed by atoms with E-state index in [4.69, 9.17) is 4.98 Å². The number of aromatic amines is 1. The molecule has 0 radical (unpaired) electrons. The Kier molecular flexibility index (Phi) is 2.67. The summed E-state index contributed by atoms with van der Waals surface area (Å²) in [7, 11) is 0. The average Bonchev–Trinajstić information content (AvgIpc) is 2.99. The van der Waals surface area contributed by atoms with Gasteiger partial charge in [0.1, 0.15) is 11.2 Å². The number of aromatic nitrogens is 4. The zero-order valence-electron chi connectivity index (χ0n) is 11.7. The van der Waals surface area contributed by atoms with E-state index in [0.29, 0.717) is 0 Å². The first-order chi connectivity index (χ1) is 10.3. The van der Waals surface area contributed by atoms with Crippen LogP contribution in [0.3, 0.4) is 0 Å².